The highest BCUT2D eigenvalue weighted by Gasteiger charge is 2.25. The zero-order chi connectivity index (χ0) is 19.2. The van der Waals surface area contributed by atoms with Crippen LogP contribution < -0.4 is 15.0 Å². The maximum absolute atomic E-state index is 12.4. The van der Waals surface area contributed by atoms with Gasteiger partial charge in [0.1, 0.15) is 12.0 Å². The Morgan fingerprint density at radius 3 is 2.26 bits per heavy atom. The van der Waals surface area contributed by atoms with Crippen molar-refractivity contribution in [3.05, 3.63) is 54.1 Å². The summed E-state index contributed by atoms with van der Waals surface area (Å²) in [5.74, 6) is -0.127. The normalized spacial score (nSPS) is 14.9. The van der Waals surface area contributed by atoms with Gasteiger partial charge < -0.3 is 15.0 Å². The molecule has 1 saturated heterocycles. The molecule has 7 heteroatoms. The van der Waals surface area contributed by atoms with Gasteiger partial charge in [-0.15, -0.1) is 0 Å². The Bertz CT molecular complexity index is 771. The van der Waals surface area contributed by atoms with Gasteiger partial charge in [0, 0.05) is 35.9 Å². The number of carbonyl (C=O) groups excluding carboxylic acids is 2. The number of benzene rings is 2. The van der Waals surface area contributed by atoms with Crippen molar-refractivity contribution < 1.29 is 23.1 Å². The monoisotopic (exact) mass is 374 g/mol. The molecule has 0 atom stereocenters. The van der Waals surface area contributed by atoms with E-state index in [1.807, 2.05) is 12.1 Å². The van der Waals surface area contributed by atoms with E-state index in [9.17, 15) is 18.4 Å². The Labute approximate surface area is 155 Å². The number of anilines is 2. The third kappa shape index (κ3) is 5.03. The summed E-state index contributed by atoms with van der Waals surface area (Å²) in [4.78, 5) is 25.4. The summed E-state index contributed by atoms with van der Waals surface area (Å²) in [5, 5.41) is 2.82. The average molecular weight is 374 g/mol. The smallest absolute Gasteiger partial charge is 0.387 e. The van der Waals surface area contributed by atoms with Crippen LogP contribution in [0.15, 0.2) is 48.5 Å². The summed E-state index contributed by atoms with van der Waals surface area (Å²) in [5.41, 5.74) is 2.22. The fourth-order valence-corrected chi connectivity index (χ4v) is 3.13. The van der Waals surface area contributed by atoms with E-state index in [-0.39, 0.29) is 17.6 Å². The Morgan fingerprint density at radius 1 is 1.07 bits per heavy atom. The van der Waals surface area contributed by atoms with Crippen LogP contribution in [-0.4, -0.2) is 31.9 Å². The second-order valence-electron chi connectivity index (χ2n) is 6.36. The zero-order valence-corrected chi connectivity index (χ0v) is 14.6. The van der Waals surface area contributed by atoms with E-state index >= 15 is 0 Å². The number of halogens is 2. The van der Waals surface area contributed by atoms with Crippen molar-refractivity contribution in [3.63, 3.8) is 0 Å². The molecule has 27 heavy (non-hydrogen) atoms. The molecular weight excluding hydrogens is 354 g/mol. The number of amides is 1. The minimum atomic E-state index is -2.87. The number of aldehydes is 1. The number of hydrogen-bond donors (Lipinski definition) is 1. The van der Waals surface area contributed by atoms with Gasteiger partial charge in [-0.05, 0) is 61.4 Å². The van der Waals surface area contributed by atoms with Crippen LogP contribution in [0, 0.1) is 5.92 Å². The average Bonchev–Trinajstić information content (AvgIpc) is 2.69. The molecule has 1 aliphatic rings. The van der Waals surface area contributed by atoms with Crippen molar-refractivity contribution in [2.75, 3.05) is 23.3 Å². The number of piperidine rings is 1. The lowest BCUT2D eigenvalue weighted by molar-refractivity contribution is -0.120. The lowest BCUT2D eigenvalue weighted by atomic mass is 9.95. The van der Waals surface area contributed by atoms with Gasteiger partial charge in [-0.2, -0.15) is 8.78 Å². The van der Waals surface area contributed by atoms with Crippen molar-refractivity contribution in [2.24, 2.45) is 5.92 Å². The van der Waals surface area contributed by atoms with Crippen LogP contribution in [0.5, 0.6) is 5.75 Å². The van der Waals surface area contributed by atoms with E-state index in [0.717, 1.165) is 25.1 Å². The summed E-state index contributed by atoms with van der Waals surface area (Å²) in [7, 11) is 0. The van der Waals surface area contributed by atoms with Crippen LogP contribution in [0.1, 0.15) is 23.2 Å². The largest absolute Gasteiger partial charge is 0.435 e. The molecule has 142 valence electrons. The number of carbonyl (C=O) groups is 2. The number of alkyl halides is 2. The molecule has 1 N–H and O–H groups in total. The van der Waals surface area contributed by atoms with E-state index < -0.39 is 6.61 Å². The van der Waals surface area contributed by atoms with Crippen molar-refractivity contribution >= 4 is 23.6 Å². The Kier molecular flexibility index (Phi) is 6.01. The topological polar surface area (TPSA) is 58.6 Å². The molecule has 2 aromatic rings. The summed E-state index contributed by atoms with van der Waals surface area (Å²) in [6.45, 7) is -1.37. The molecule has 1 heterocycles. The molecule has 1 aliphatic heterocycles. The van der Waals surface area contributed by atoms with Crippen LogP contribution >= 0.6 is 0 Å². The predicted molar refractivity (Wildman–Crippen MR) is 98.5 cm³/mol. The van der Waals surface area contributed by atoms with Crippen LogP contribution in [0.3, 0.4) is 0 Å². The molecule has 0 bridgehead atoms. The van der Waals surface area contributed by atoms with Crippen LogP contribution in [-0.2, 0) is 4.79 Å². The molecule has 0 spiro atoms. The highest BCUT2D eigenvalue weighted by molar-refractivity contribution is 5.92. The van der Waals surface area contributed by atoms with Gasteiger partial charge in [-0.25, -0.2) is 0 Å². The van der Waals surface area contributed by atoms with E-state index in [2.05, 4.69) is 15.0 Å². The van der Waals surface area contributed by atoms with Crippen molar-refractivity contribution in [2.45, 2.75) is 19.5 Å². The van der Waals surface area contributed by atoms with E-state index in [4.69, 9.17) is 0 Å². The van der Waals surface area contributed by atoms with Gasteiger partial charge in [-0.3, -0.25) is 9.59 Å². The first-order chi connectivity index (χ1) is 13.0. The van der Waals surface area contributed by atoms with Gasteiger partial charge >= 0.3 is 6.61 Å². The van der Waals surface area contributed by atoms with Crippen molar-refractivity contribution in [3.8, 4) is 5.75 Å². The molecule has 5 nitrogen and oxygen atoms in total. The highest BCUT2D eigenvalue weighted by atomic mass is 19.3. The Balaban J connectivity index is 1.51. The lowest BCUT2D eigenvalue weighted by Crippen LogP contribution is -2.38. The van der Waals surface area contributed by atoms with Gasteiger partial charge in [0.05, 0.1) is 0 Å². The fraction of sp³-hybridized carbons (Fsp3) is 0.300. The molecule has 1 fully saturated rings. The van der Waals surface area contributed by atoms with Crippen molar-refractivity contribution in [1.82, 2.24) is 0 Å². The minimum Gasteiger partial charge on any atom is -0.435 e. The number of ether oxygens (including phenoxy) is 1. The van der Waals surface area contributed by atoms with Crippen LogP contribution in [0.4, 0.5) is 20.2 Å². The molecule has 2 aromatic carbocycles. The third-order valence-corrected chi connectivity index (χ3v) is 4.61. The van der Waals surface area contributed by atoms with E-state index in [0.29, 0.717) is 24.1 Å². The first kappa shape index (κ1) is 18.8. The molecule has 0 radical (unpaired) electrons. The molecule has 0 aromatic heterocycles. The number of nitrogens with one attached hydrogen (secondary N) is 1. The molecule has 0 saturated carbocycles. The second-order valence-corrected chi connectivity index (χ2v) is 6.36. The summed E-state index contributed by atoms with van der Waals surface area (Å²) in [6, 6.07) is 13.3. The summed E-state index contributed by atoms with van der Waals surface area (Å²) < 4.78 is 28.6. The third-order valence-electron chi connectivity index (χ3n) is 4.61. The fourth-order valence-electron chi connectivity index (χ4n) is 3.13. The molecule has 0 unspecified atom stereocenters. The zero-order valence-electron chi connectivity index (χ0n) is 14.6. The number of rotatable bonds is 6. The minimum absolute atomic E-state index is 0.0527. The maximum Gasteiger partial charge on any atom is 0.387 e. The number of hydrogen-bond acceptors (Lipinski definition) is 4. The SMILES string of the molecule is O=Cc1ccc(N2CCC(C(=O)Nc3ccc(OC(F)F)cc3)CC2)cc1. The summed E-state index contributed by atoms with van der Waals surface area (Å²) >= 11 is 0. The molecule has 0 aliphatic carbocycles. The van der Waals surface area contributed by atoms with E-state index in [1.165, 1.54) is 12.1 Å². The first-order valence-electron chi connectivity index (χ1n) is 8.71. The van der Waals surface area contributed by atoms with Crippen LogP contribution in [0.2, 0.25) is 0 Å². The lowest BCUT2D eigenvalue weighted by Gasteiger charge is -2.33. The Morgan fingerprint density at radius 2 is 1.70 bits per heavy atom. The highest BCUT2D eigenvalue weighted by Crippen LogP contribution is 2.25. The second kappa shape index (κ2) is 8.62. The van der Waals surface area contributed by atoms with Crippen molar-refractivity contribution in [1.29, 1.82) is 0 Å². The molecule has 3 rings (SSSR count). The Hall–Kier alpha value is -2.96. The van der Waals surface area contributed by atoms with Gasteiger partial charge in [0.2, 0.25) is 5.91 Å². The first-order valence-corrected chi connectivity index (χ1v) is 8.71. The van der Waals surface area contributed by atoms with E-state index in [1.54, 1.807) is 24.3 Å². The number of nitrogens with zero attached hydrogens (tertiary/aromatic N) is 1. The quantitative estimate of drug-likeness (QED) is 0.778. The van der Waals surface area contributed by atoms with Crippen LogP contribution in [0.25, 0.3) is 0 Å². The van der Waals surface area contributed by atoms with Gasteiger partial charge in [0.25, 0.3) is 0 Å². The molecular formula is C20H20F2N2O3. The standard InChI is InChI=1S/C20H20F2N2O3/c21-20(22)27-18-7-3-16(4-8-18)23-19(26)15-9-11-24(12-10-15)17-5-1-14(13-25)2-6-17/h1-8,13,15,20H,9-12H2,(H,23,26). The summed E-state index contributed by atoms with van der Waals surface area (Å²) in [6.07, 6.45) is 2.24. The van der Waals surface area contributed by atoms with Gasteiger partial charge in [0.15, 0.2) is 0 Å². The molecule has 1 amide bonds. The predicted octanol–water partition coefficient (Wildman–Crippen LogP) is 3.96. The maximum atomic E-state index is 12.4. The van der Waals surface area contributed by atoms with Gasteiger partial charge in [-0.1, -0.05) is 0 Å².